The molecule has 0 amide bonds. The fraction of sp³-hybridized carbons (Fsp3) is 0.500. The third-order valence-corrected chi connectivity index (χ3v) is 1.41. The molecule has 0 bridgehead atoms. The minimum atomic E-state index is 0.890. The highest BCUT2D eigenvalue weighted by atomic mass is 16.6. The minimum absolute atomic E-state index is 0.890. The summed E-state index contributed by atoms with van der Waals surface area (Å²) in [4.78, 5) is 0. The molecule has 0 aromatic carbocycles. The van der Waals surface area contributed by atoms with Crippen LogP contribution in [0.4, 0.5) is 0 Å². The van der Waals surface area contributed by atoms with Crippen molar-refractivity contribution in [2.75, 3.05) is 0 Å². The van der Waals surface area contributed by atoms with E-state index < -0.39 is 0 Å². The molecule has 1 aromatic heterocycles. The van der Waals surface area contributed by atoms with Gasteiger partial charge in [0.2, 0.25) is 0 Å². The van der Waals surface area contributed by atoms with E-state index in [1.165, 1.54) is 0 Å². The van der Waals surface area contributed by atoms with Crippen LogP contribution in [0.5, 0.6) is 0 Å². The fourth-order valence-electron chi connectivity index (χ4n) is 0.928. The van der Waals surface area contributed by atoms with Crippen LogP contribution in [0.1, 0.15) is 31.7 Å². The van der Waals surface area contributed by atoms with Gasteiger partial charge in [-0.3, -0.25) is 0 Å². The van der Waals surface area contributed by atoms with E-state index in [9.17, 15) is 0 Å². The average Bonchev–Trinajstić information content (AvgIpc) is 2.55. The van der Waals surface area contributed by atoms with Crippen LogP contribution in [-0.2, 0) is 6.42 Å². The Kier molecular flexibility index (Phi) is 2.83. The van der Waals surface area contributed by atoms with Crippen molar-refractivity contribution in [2.24, 2.45) is 0 Å². The van der Waals surface area contributed by atoms with Gasteiger partial charge < -0.3 is 0 Å². The van der Waals surface area contributed by atoms with E-state index in [0.717, 1.165) is 24.2 Å². The van der Waals surface area contributed by atoms with Gasteiger partial charge in [0, 0.05) is 0 Å². The van der Waals surface area contributed by atoms with E-state index in [2.05, 4.69) is 21.0 Å². The van der Waals surface area contributed by atoms with Gasteiger partial charge in [0.05, 0.1) is 0 Å². The molecule has 1 aromatic rings. The maximum atomic E-state index is 4.52. The van der Waals surface area contributed by atoms with Gasteiger partial charge in [0.25, 0.3) is 0 Å². The highest BCUT2D eigenvalue weighted by molar-refractivity contribution is 5.48. The summed E-state index contributed by atoms with van der Waals surface area (Å²) in [5.41, 5.74) is 1.87. The smallest absolute Gasteiger partial charge is 0.130 e. The number of rotatable bonds is 0. The molecule has 3 heteroatoms. The van der Waals surface area contributed by atoms with E-state index in [1.807, 2.05) is 19.9 Å². The number of allylic oxidation sites excluding steroid dienone is 1. The highest BCUT2D eigenvalue weighted by Crippen LogP contribution is 2.13. The topological polar surface area (TPSA) is 38.9 Å². The molecule has 1 aliphatic carbocycles. The van der Waals surface area contributed by atoms with Crippen molar-refractivity contribution in [1.82, 2.24) is 10.3 Å². The lowest BCUT2D eigenvalue weighted by Gasteiger charge is -1.95. The standard InChI is InChI=1S/C6H6N2O.C2H6/c1-2-4-6-5(3-1)7-9-8-6;1-2/h1,3H,2,4H2;1-2H3. The zero-order valence-electron chi connectivity index (χ0n) is 6.87. The summed E-state index contributed by atoms with van der Waals surface area (Å²) in [6, 6.07) is 0. The second-order valence-corrected chi connectivity index (χ2v) is 2.04. The second-order valence-electron chi connectivity index (χ2n) is 2.04. The monoisotopic (exact) mass is 152 g/mol. The van der Waals surface area contributed by atoms with Crippen LogP contribution in [0.2, 0.25) is 0 Å². The molecule has 0 radical (unpaired) electrons. The van der Waals surface area contributed by atoms with Gasteiger partial charge in [-0.15, -0.1) is 0 Å². The van der Waals surface area contributed by atoms with Crippen LogP contribution in [0.15, 0.2) is 10.7 Å². The van der Waals surface area contributed by atoms with Crippen molar-refractivity contribution in [1.29, 1.82) is 0 Å². The summed E-state index contributed by atoms with van der Waals surface area (Å²) in [7, 11) is 0. The Hall–Kier alpha value is -1.12. The average molecular weight is 152 g/mol. The van der Waals surface area contributed by atoms with Crippen molar-refractivity contribution in [2.45, 2.75) is 26.7 Å². The summed E-state index contributed by atoms with van der Waals surface area (Å²) < 4.78 is 4.52. The van der Waals surface area contributed by atoms with Crippen molar-refractivity contribution in [3.63, 3.8) is 0 Å². The van der Waals surface area contributed by atoms with Gasteiger partial charge in [0.1, 0.15) is 11.4 Å². The van der Waals surface area contributed by atoms with Crippen molar-refractivity contribution < 1.29 is 4.63 Å². The van der Waals surface area contributed by atoms with E-state index in [0.29, 0.717) is 0 Å². The molecule has 11 heavy (non-hydrogen) atoms. The molecular weight excluding hydrogens is 140 g/mol. The Bertz CT molecular complexity index is 240. The van der Waals surface area contributed by atoms with Crippen LogP contribution in [0.25, 0.3) is 6.08 Å². The molecule has 0 N–H and O–H groups in total. The first-order valence-corrected chi connectivity index (χ1v) is 3.95. The Morgan fingerprint density at radius 2 is 2.18 bits per heavy atom. The predicted octanol–water partition coefficient (Wildman–Crippen LogP) is 2.06. The van der Waals surface area contributed by atoms with Crippen LogP contribution in [-0.4, -0.2) is 10.3 Å². The molecule has 2 rings (SSSR count). The molecule has 0 saturated carbocycles. The summed E-state index contributed by atoms with van der Waals surface area (Å²) in [5, 5.41) is 7.40. The van der Waals surface area contributed by atoms with E-state index >= 15 is 0 Å². The van der Waals surface area contributed by atoms with Gasteiger partial charge in [-0.2, -0.15) is 0 Å². The number of aryl methyl sites for hydroxylation is 1. The molecule has 0 spiro atoms. The largest absolute Gasteiger partial charge is 0.244 e. The van der Waals surface area contributed by atoms with E-state index in [4.69, 9.17) is 0 Å². The number of hydrogen-bond donors (Lipinski definition) is 0. The van der Waals surface area contributed by atoms with Crippen LogP contribution >= 0.6 is 0 Å². The Balaban J connectivity index is 0.000000281. The van der Waals surface area contributed by atoms with Gasteiger partial charge in [-0.25, -0.2) is 4.63 Å². The van der Waals surface area contributed by atoms with E-state index in [-0.39, 0.29) is 0 Å². The molecule has 1 aliphatic rings. The summed E-state index contributed by atoms with van der Waals surface area (Å²) in [6.07, 6.45) is 6.04. The van der Waals surface area contributed by atoms with Crippen molar-refractivity contribution in [3.05, 3.63) is 17.5 Å². The summed E-state index contributed by atoms with van der Waals surface area (Å²) in [5.74, 6) is 0. The summed E-state index contributed by atoms with van der Waals surface area (Å²) >= 11 is 0. The summed E-state index contributed by atoms with van der Waals surface area (Å²) in [6.45, 7) is 4.00. The molecule has 0 fully saturated rings. The zero-order valence-corrected chi connectivity index (χ0v) is 6.87. The molecule has 1 heterocycles. The Morgan fingerprint density at radius 3 is 2.91 bits per heavy atom. The fourth-order valence-corrected chi connectivity index (χ4v) is 0.928. The second kappa shape index (κ2) is 3.91. The Morgan fingerprint density at radius 1 is 1.36 bits per heavy atom. The number of nitrogens with zero attached hydrogens (tertiary/aromatic N) is 2. The third-order valence-electron chi connectivity index (χ3n) is 1.41. The first kappa shape index (κ1) is 7.98. The van der Waals surface area contributed by atoms with Gasteiger partial charge >= 0.3 is 0 Å². The first-order chi connectivity index (χ1) is 5.47. The highest BCUT2D eigenvalue weighted by Gasteiger charge is 2.08. The van der Waals surface area contributed by atoms with Gasteiger partial charge in [-0.05, 0) is 18.9 Å². The van der Waals surface area contributed by atoms with Crippen LogP contribution in [0.3, 0.4) is 0 Å². The predicted molar refractivity (Wildman–Crippen MR) is 43.0 cm³/mol. The quantitative estimate of drug-likeness (QED) is 0.571. The molecule has 0 saturated heterocycles. The lowest BCUT2D eigenvalue weighted by Crippen LogP contribution is -1.91. The maximum Gasteiger partial charge on any atom is 0.130 e. The lowest BCUT2D eigenvalue weighted by atomic mass is 10.1. The molecular formula is C8H12N2O. The molecule has 0 aliphatic heterocycles. The number of aromatic nitrogens is 2. The SMILES string of the molecule is C1=Cc2nonc2CC1.CC. The van der Waals surface area contributed by atoms with E-state index in [1.54, 1.807) is 0 Å². The van der Waals surface area contributed by atoms with Crippen LogP contribution < -0.4 is 0 Å². The van der Waals surface area contributed by atoms with Crippen molar-refractivity contribution in [3.8, 4) is 0 Å². The minimum Gasteiger partial charge on any atom is -0.244 e. The van der Waals surface area contributed by atoms with Crippen molar-refractivity contribution >= 4 is 6.08 Å². The first-order valence-electron chi connectivity index (χ1n) is 3.95. The molecule has 60 valence electrons. The molecule has 0 unspecified atom stereocenters. The molecule has 0 atom stereocenters. The molecule has 3 nitrogen and oxygen atoms in total. The third kappa shape index (κ3) is 1.67. The maximum absolute atomic E-state index is 4.52. The lowest BCUT2D eigenvalue weighted by molar-refractivity contribution is 0.303. The van der Waals surface area contributed by atoms with Gasteiger partial charge in [-0.1, -0.05) is 30.2 Å². The van der Waals surface area contributed by atoms with Gasteiger partial charge in [0.15, 0.2) is 0 Å². The number of hydrogen-bond acceptors (Lipinski definition) is 3. The zero-order chi connectivity index (χ0) is 8.10. The normalized spacial score (nSPS) is 13.3. The Labute approximate surface area is 66.1 Å². The van der Waals surface area contributed by atoms with Crippen LogP contribution in [0, 0.1) is 0 Å². The number of fused-ring (bicyclic) bond motifs is 1.